The maximum absolute atomic E-state index is 12.1. The molecular formula is C14H9N7OS. The zero-order chi connectivity index (χ0) is 15.8. The second-order valence-electron chi connectivity index (χ2n) is 4.71. The molecular weight excluding hydrogens is 314 g/mol. The van der Waals surface area contributed by atoms with Crippen LogP contribution in [0.4, 0.5) is 5.82 Å². The monoisotopic (exact) mass is 323 g/mol. The van der Waals surface area contributed by atoms with E-state index in [-0.39, 0.29) is 16.4 Å². The average molecular weight is 323 g/mol. The second-order valence-corrected chi connectivity index (χ2v) is 5.12. The Hall–Kier alpha value is -3.20. The molecule has 3 aromatic heterocycles. The van der Waals surface area contributed by atoms with E-state index in [9.17, 15) is 4.79 Å². The third kappa shape index (κ3) is 2.32. The molecule has 0 aliphatic carbocycles. The van der Waals surface area contributed by atoms with Crippen molar-refractivity contribution in [2.24, 2.45) is 0 Å². The van der Waals surface area contributed by atoms with Gasteiger partial charge in [0.15, 0.2) is 17.3 Å². The number of para-hydroxylation sites is 1. The Morgan fingerprint density at radius 2 is 2.04 bits per heavy atom. The highest BCUT2D eigenvalue weighted by molar-refractivity contribution is 7.81. The highest BCUT2D eigenvalue weighted by atomic mass is 32.1. The molecule has 3 heterocycles. The van der Waals surface area contributed by atoms with Crippen molar-refractivity contribution in [3.63, 3.8) is 0 Å². The van der Waals surface area contributed by atoms with Crippen LogP contribution in [-0.2, 0) is 0 Å². The lowest BCUT2D eigenvalue weighted by atomic mass is 10.2. The fourth-order valence-electron chi connectivity index (χ4n) is 2.22. The Kier molecular flexibility index (Phi) is 3.05. The zero-order valence-corrected chi connectivity index (χ0v) is 12.4. The summed E-state index contributed by atoms with van der Waals surface area (Å²) in [4.78, 5) is 34.5. The van der Waals surface area contributed by atoms with Crippen LogP contribution in [-0.4, -0.2) is 34.9 Å². The molecule has 9 heteroatoms. The molecule has 0 atom stereocenters. The molecule has 4 rings (SSSR count). The summed E-state index contributed by atoms with van der Waals surface area (Å²) < 4.78 is 0. The molecule has 23 heavy (non-hydrogen) atoms. The first kappa shape index (κ1) is 13.5. The summed E-state index contributed by atoms with van der Waals surface area (Å²) in [6.07, 6.45) is 2.90. The third-order valence-electron chi connectivity index (χ3n) is 3.28. The number of fused-ring (bicyclic) bond motifs is 2. The Morgan fingerprint density at radius 3 is 2.96 bits per heavy atom. The number of anilines is 1. The number of rotatable bonds is 2. The molecule has 0 radical (unpaired) electrons. The van der Waals surface area contributed by atoms with E-state index in [1.165, 1.54) is 12.7 Å². The van der Waals surface area contributed by atoms with Crippen molar-refractivity contribution in [2.75, 3.05) is 5.32 Å². The van der Waals surface area contributed by atoms with E-state index in [1.807, 2.05) is 6.07 Å². The molecule has 112 valence electrons. The second kappa shape index (κ2) is 5.21. The van der Waals surface area contributed by atoms with Gasteiger partial charge in [-0.2, -0.15) is 0 Å². The Balaban J connectivity index is 1.75. The lowest BCUT2D eigenvalue weighted by Crippen LogP contribution is -2.20. The van der Waals surface area contributed by atoms with Crippen molar-refractivity contribution < 1.29 is 0 Å². The van der Waals surface area contributed by atoms with Crippen LogP contribution >= 0.6 is 12.2 Å². The minimum absolute atomic E-state index is 0.246. The van der Waals surface area contributed by atoms with Gasteiger partial charge in [-0.05, 0) is 12.1 Å². The predicted octanol–water partition coefficient (Wildman–Crippen LogP) is 1.38. The molecule has 0 amide bonds. The minimum atomic E-state index is -0.246. The Labute approximate surface area is 134 Å². The Bertz CT molecular complexity index is 1100. The van der Waals surface area contributed by atoms with Gasteiger partial charge in [0, 0.05) is 0 Å². The van der Waals surface area contributed by atoms with E-state index in [0.29, 0.717) is 27.9 Å². The van der Waals surface area contributed by atoms with E-state index in [2.05, 4.69) is 35.2 Å². The molecule has 0 unspecified atom stereocenters. The lowest BCUT2D eigenvalue weighted by Gasteiger charge is -2.07. The number of aromatic amines is 2. The van der Waals surface area contributed by atoms with Gasteiger partial charge in [-0.3, -0.25) is 4.79 Å². The molecule has 0 bridgehead atoms. The largest absolute Gasteiger partial charge is 0.340 e. The average Bonchev–Trinajstić information content (AvgIpc) is 3.04. The van der Waals surface area contributed by atoms with Gasteiger partial charge in [-0.1, -0.05) is 24.4 Å². The van der Waals surface area contributed by atoms with Gasteiger partial charge in [0.05, 0.1) is 17.2 Å². The molecule has 0 saturated heterocycles. The van der Waals surface area contributed by atoms with E-state index < -0.39 is 0 Å². The third-order valence-corrected chi connectivity index (χ3v) is 3.58. The van der Waals surface area contributed by atoms with Gasteiger partial charge in [0.25, 0.3) is 5.56 Å². The maximum atomic E-state index is 12.1. The van der Waals surface area contributed by atoms with Crippen LogP contribution in [0.5, 0.6) is 0 Å². The zero-order valence-electron chi connectivity index (χ0n) is 11.6. The van der Waals surface area contributed by atoms with Gasteiger partial charge >= 0.3 is 0 Å². The number of imidazole rings is 1. The normalized spacial score (nSPS) is 11.0. The minimum Gasteiger partial charge on any atom is -0.340 e. The lowest BCUT2D eigenvalue weighted by molar-refractivity contribution is 1.14. The first-order valence-corrected chi connectivity index (χ1v) is 7.08. The van der Waals surface area contributed by atoms with Gasteiger partial charge in [-0.15, -0.1) is 0 Å². The van der Waals surface area contributed by atoms with E-state index in [0.717, 1.165) is 0 Å². The van der Waals surface area contributed by atoms with Crippen LogP contribution in [0.15, 0.2) is 41.7 Å². The SMILES string of the molecule is O=c1[nH]c(C(=S)Nc2ncnc3nc[nH]c23)nc2ccccc12. The smallest absolute Gasteiger partial charge is 0.259 e. The molecule has 4 aromatic rings. The Morgan fingerprint density at radius 1 is 1.17 bits per heavy atom. The number of hydrogen-bond donors (Lipinski definition) is 3. The van der Waals surface area contributed by atoms with Crippen molar-refractivity contribution in [1.29, 1.82) is 0 Å². The summed E-state index contributed by atoms with van der Waals surface area (Å²) in [7, 11) is 0. The highest BCUT2D eigenvalue weighted by Gasteiger charge is 2.11. The summed E-state index contributed by atoms with van der Waals surface area (Å²) in [6.45, 7) is 0. The molecule has 0 aliphatic rings. The first-order valence-electron chi connectivity index (χ1n) is 6.67. The van der Waals surface area contributed by atoms with Crippen molar-refractivity contribution in [3.8, 4) is 0 Å². The summed E-state index contributed by atoms with van der Waals surface area (Å²) in [6, 6.07) is 7.06. The number of nitrogens with one attached hydrogen (secondary N) is 3. The molecule has 3 N–H and O–H groups in total. The van der Waals surface area contributed by atoms with Crippen molar-refractivity contribution in [3.05, 3.63) is 53.1 Å². The molecule has 0 saturated carbocycles. The first-order chi connectivity index (χ1) is 11.2. The fraction of sp³-hybridized carbons (Fsp3) is 0. The van der Waals surface area contributed by atoms with Gasteiger partial charge < -0.3 is 15.3 Å². The molecule has 8 nitrogen and oxygen atoms in total. The summed E-state index contributed by atoms with van der Waals surface area (Å²) in [5.41, 5.74) is 1.47. The van der Waals surface area contributed by atoms with E-state index in [4.69, 9.17) is 12.2 Å². The number of hydrogen-bond acceptors (Lipinski definition) is 6. The quantitative estimate of drug-likeness (QED) is 0.478. The topological polar surface area (TPSA) is 112 Å². The molecule has 0 aliphatic heterocycles. The van der Waals surface area contributed by atoms with Gasteiger partial charge in [0.1, 0.15) is 16.8 Å². The number of thiocarbonyl (C=S) groups is 1. The number of benzene rings is 1. The standard InChI is InChI=1S/C14H9N7OS/c22-13-7-3-1-2-4-8(7)19-12(20-13)14(23)21-11-9-10(16-5-15-9)17-6-18-11/h1-6H,(H,19,20,22)(H2,15,16,17,18,21,23). The van der Waals surface area contributed by atoms with Crippen LogP contribution in [0.25, 0.3) is 22.1 Å². The molecule has 1 aromatic carbocycles. The predicted molar refractivity (Wildman–Crippen MR) is 89.4 cm³/mol. The van der Waals surface area contributed by atoms with E-state index in [1.54, 1.807) is 18.2 Å². The maximum Gasteiger partial charge on any atom is 0.259 e. The molecule has 0 spiro atoms. The van der Waals surface area contributed by atoms with E-state index >= 15 is 0 Å². The summed E-state index contributed by atoms with van der Waals surface area (Å²) >= 11 is 5.32. The van der Waals surface area contributed by atoms with Crippen molar-refractivity contribution >= 4 is 45.1 Å². The van der Waals surface area contributed by atoms with Crippen molar-refractivity contribution in [2.45, 2.75) is 0 Å². The van der Waals surface area contributed by atoms with Crippen LogP contribution in [0.3, 0.4) is 0 Å². The van der Waals surface area contributed by atoms with Crippen LogP contribution in [0.1, 0.15) is 5.82 Å². The number of H-pyrrole nitrogens is 2. The van der Waals surface area contributed by atoms with Gasteiger partial charge in [-0.25, -0.2) is 19.9 Å². The van der Waals surface area contributed by atoms with Crippen molar-refractivity contribution in [1.82, 2.24) is 29.9 Å². The number of nitrogens with zero attached hydrogens (tertiary/aromatic N) is 4. The highest BCUT2D eigenvalue weighted by Crippen LogP contribution is 2.15. The summed E-state index contributed by atoms with van der Waals surface area (Å²) in [5.74, 6) is 0.739. The van der Waals surface area contributed by atoms with Gasteiger partial charge in [0.2, 0.25) is 0 Å². The molecule has 0 fully saturated rings. The van der Waals surface area contributed by atoms with Crippen LogP contribution < -0.4 is 10.9 Å². The number of aromatic nitrogens is 6. The fourth-order valence-corrected chi connectivity index (χ4v) is 2.41. The summed E-state index contributed by atoms with van der Waals surface area (Å²) in [5, 5.41) is 3.47. The van der Waals surface area contributed by atoms with Crippen LogP contribution in [0, 0.1) is 0 Å². The van der Waals surface area contributed by atoms with Crippen LogP contribution in [0.2, 0.25) is 0 Å².